The zero-order chi connectivity index (χ0) is 13.0. The number of para-hydroxylation sites is 1. The van der Waals surface area contributed by atoms with E-state index in [-0.39, 0.29) is 18.3 Å². The van der Waals surface area contributed by atoms with Crippen LogP contribution in [-0.4, -0.2) is 5.91 Å². The van der Waals surface area contributed by atoms with Crippen LogP contribution < -0.4 is 11.1 Å². The van der Waals surface area contributed by atoms with Gasteiger partial charge in [0.05, 0.1) is 5.56 Å². The number of aryl methyl sites for hydroxylation is 1. The second-order valence-corrected chi connectivity index (χ2v) is 4.09. The van der Waals surface area contributed by atoms with Crippen molar-refractivity contribution < 1.29 is 4.79 Å². The molecule has 4 heteroatoms. The van der Waals surface area contributed by atoms with E-state index in [1.165, 1.54) is 5.56 Å². The molecule has 0 unspecified atom stereocenters. The minimum absolute atomic E-state index is 0. The van der Waals surface area contributed by atoms with Crippen molar-refractivity contribution in [2.75, 3.05) is 11.1 Å². The number of amides is 1. The SMILES string of the molecule is CCc1ccc(NC(=O)c2ccccc2N)cc1.Cl. The molecule has 0 saturated carbocycles. The summed E-state index contributed by atoms with van der Waals surface area (Å²) < 4.78 is 0. The van der Waals surface area contributed by atoms with Crippen LogP contribution in [0.5, 0.6) is 0 Å². The third-order valence-corrected chi connectivity index (χ3v) is 2.83. The van der Waals surface area contributed by atoms with Gasteiger partial charge < -0.3 is 11.1 Å². The molecule has 0 aliphatic heterocycles. The number of halogens is 1. The molecule has 0 fully saturated rings. The highest BCUT2D eigenvalue weighted by molar-refractivity contribution is 6.07. The summed E-state index contributed by atoms with van der Waals surface area (Å²) in [6.07, 6.45) is 0.986. The van der Waals surface area contributed by atoms with Crippen molar-refractivity contribution in [1.29, 1.82) is 0 Å². The number of anilines is 2. The van der Waals surface area contributed by atoms with Crippen molar-refractivity contribution in [3.8, 4) is 0 Å². The molecule has 2 aromatic rings. The van der Waals surface area contributed by atoms with Gasteiger partial charge in [0, 0.05) is 11.4 Å². The van der Waals surface area contributed by atoms with Crippen molar-refractivity contribution in [2.45, 2.75) is 13.3 Å². The number of hydrogen-bond acceptors (Lipinski definition) is 2. The van der Waals surface area contributed by atoms with Gasteiger partial charge in [0.2, 0.25) is 0 Å². The van der Waals surface area contributed by atoms with E-state index in [9.17, 15) is 4.79 Å². The van der Waals surface area contributed by atoms with Crippen molar-refractivity contribution in [3.05, 3.63) is 59.7 Å². The molecule has 0 saturated heterocycles. The van der Waals surface area contributed by atoms with Gasteiger partial charge in [-0.25, -0.2) is 0 Å². The Labute approximate surface area is 119 Å². The molecule has 2 aromatic carbocycles. The van der Waals surface area contributed by atoms with E-state index < -0.39 is 0 Å². The first kappa shape index (κ1) is 15.1. The molecule has 2 rings (SSSR count). The molecule has 0 radical (unpaired) electrons. The van der Waals surface area contributed by atoms with Crippen LogP contribution in [0.2, 0.25) is 0 Å². The molecular weight excluding hydrogens is 260 g/mol. The smallest absolute Gasteiger partial charge is 0.257 e. The number of hydrogen-bond donors (Lipinski definition) is 2. The van der Waals surface area contributed by atoms with Crippen LogP contribution in [0.4, 0.5) is 11.4 Å². The standard InChI is InChI=1S/C15H16N2O.ClH/c1-2-11-7-9-12(10-8-11)17-15(18)13-5-3-4-6-14(13)16;/h3-10H,2,16H2,1H3,(H,17,18);1H. The maximum absolute atomic E-state index is 12.0. The Kier molecular flexibility index (Phi) is 5.39. The zero-order valence-corrected chi connectivity index (χ0v) is 11.5. The average Bonchev–Trinajstić information content (AvgIpc) is 2.40. The predicted molar refractivity (Wildman–Crippen MR) is 81.9 cm³/mol. The van der Waals surface area contributed by atoms with Gasteiger partial charge in [0.15, 0.2) is 0 Å². The molecule has 0 heterocycles. The van der Waals surface area contributed by atoms with Gasteiger partial charge in [-0.1, -0.05) is 31.2 Å². The van der Waals surface area contributed by atoms with Gasteiger partial charge in [-0.2, -0.15) is 0 Å². The number of rotatable bonds is 3. The molecule has 0 bridgehead atoms. The lowest BCUT2D eigenvalue weighted by atomic mass is 10.1. The summed E-state index contributed by atoms with van der Waals surface area (Å²) in [4.78, 5) is 12.0. The lowest BCUT2D eigenvalue weighted by Gasteiger charge is -2.07. The van der Waals surface area contributed by atoms with Crippen LogP contribution in [0, 0.1) is 0 Å². The zero-order valence-electron chi connectivity index (χ0n) is 10.7. The van der Waals surface area contributed by atoms with Crippen molar-refractivity contribution in [1.82, 2.24) is 0 Å². The van der Waals surface area contributed by atoms with Gasteiger partial charge in [-0.3, -0.25) is 4.79 Å². The largest absolute Gasteiger partial charge is 0.398 e. The third kappa shape index (κ3) is 3.73. The van der Waals surface area contributed by atoms with E-state index in [1.54, 1.807) is 18.2 Å². The minimum atomic E-state index is -0.183. The Hall–Kier alpha value is -2.00. The maximum Gasteiger partial charge on any atom is 0.257 e. The average molecular weight is 277 g/mol. The highest BCUT2D eigenvalue weighted by Crippen LogP contribution is 2.15. The summed E-state index contributed by atoms with van der Waals surface area (Å²) >= 11 is 0. The minimum Gasteiger partial charge on any atom is -0.398 e. The molecule has 100 valence electrons. The molecule has 0 spiro atoms. The first-order valence-electron chi connectivity index (χ1n) is 5.95. The van der Waals surface area contributed by atoms with Gasteiger partial charge in [-0.15, -0.1) is 12.4 Å². The first-order chi connectivity index (χ1) is 8.70. The molecule has 0 aliphatic rings. The van der Waals surface area contributed by atoms with Crippen molar-refractivity contribution >= 4 is 29.7 Å². The van der Waals surface area contributed by atoms with Crippen LogP contribution in [-0.2, 0) is 6.42 Å². The number of nitrogen functional groups attached to an aromatic ring is 1. The molecule has 19 heavy (non-hydrogen) atoms. The van der Waals surface area contributed by atoms with Gasteiger partial charge in [-0.05, 0) is 36.2 Å². The van der Waals surface area contributed by atoms with Gasteiger partial charge in [0.1, 0.15) is 0 Å². The van der Waals surface area contributed by atoms with E-state index in [4.69, 9.17) is 5.73 Å². The fourth-order valence-electron chi connectivity index (χ4n) is 1.73. The molecule has 3 nitrogen and oxygen atoms in total. The lowest BCUT2D eigenvalue weighted by Crippen LogP contribution is -2.13. The topological polar surface area (TPSA) is 55.1 Å². The number of benzene rings is 2. The summed E-state index contributed by atoms with van der Waals surface area (Å²) in [5.74, 6) is -0.183. The fraction of sp³-hybridized carbons (Fsp3) is 0.133. The Bertz CT molecular complexity index is 552. The van der Waals surface area contributed by atoms with Gasteiger partial charge >= 0.3 is 0 Å². The highest BCUT2D eigenvalue weighted by Gasteiger charge is 2.08. The summed E-state index contributed by atoms with van der Waals surface area (Å²) in [5.41, 5.74) is 8.76. The van der Waals surface area contributed by atoms with Crippen molar-refractivity contribution in [3.63, 3.8) is 0 Å². The second kappa shape index (κ2) is 6.81. The third-order valence-electron chi connectivity index (χ3n) is 2.83. The van der Waals surface area contributed by atoms with Crippen LogP contribution in [0.1, 0.15) is 22.8 Å². The number of carbonyl (C=O) groups excluding carboxylic acids is 1. The number of nitrogens with two attached hydrogens (primary N) is 1. The summed E-state index contributed by atoms with van der Waals surface area (Å²) in [5, 5.41) is 2.83. The number of nitrogens with one attached hydrogen (secondary N) is 1. The second-order valence-electron chi connectivity index (χ2n) is 4.09. The van der Waals surface area contributed by atoms with E-state index >= 15 is 0 Å². The van der Waals surface area contributed by atoms with Crippen LogP contribution in [0.25, 0.3) is 0 Å². The van der Waals surface area contributed by atoms with E-state index in [1.807, 2.05) is 30.3 Å². The Balaban J connectivity index is 0.00000180. The Morgan fingerprint density at radius 2 is 1.74 bits per heavy atom. The van der Waals surface area contributed by atoms with Crippen LogP contribution in [0.15, 0.2) is 48.5 Å². The lowest BCUT2D eigenvalue weighted by molar-refractivity contribution is 0.102. The summed E-state index contributed by atoms with van der Waals surface area (Å²) in [6.45, 7) is 2.10. The summed E-state index contributed by atoms with van der Waals surface area (Å²) in [6, 6.07) is 14.8. The van der Waals surface area contributed by atoms with E-state index in [2.05, 4.69) is 12.2 Å². The molecule has 0 atom stereocenters. The number of carbonyl (C=O) groups is 1. The molecule has 1 amide bonds. The van der Waals surface area contributed by atoms with Gasteiger partial charge in [0.25, 0.3) is 5.91 Å². The molecule has 3 N–H and O–H groups in total. The Morgan fingerprint density at radius 1 is 1.11 bits per heavy atom. The molecule has 0 aliphatic carbocycles. The highest BCUT2D eigenvalue weighted by atomic mass is 35.5. The first-order valence-corrected chi connectivity index (χ1v) is 5.95. The monoisotopic (exact) mass is 276 g/mol. The predicted octanol–water partition coefficient (Wildman–Crippen LogP) is 3.51. The van der Waals surface area contributed by atoms with E-state index in [0.29, 0.717) is 11.3 Å². The van der Waals surface area contributed by atoms with E-state index in [0.717, 1.165) is 12.1 Å². The Morgan fingerprint density at radius 3 is 2.32 bits per heavy atom. The van der Waals surface area contributed by atoms with Crippen LogP contribution in [0.3, 0.4) is 0 Å². The quantitative estimate of drug-likeness (QED) is 0.843. The normalized spacial score (nSPS) is 9.53. The molecule has 0 aromatic heterocycles. The van der Waals surface area contributed by atoms with Crippen molar-refractivity contribution in [2.24, 2.45) is 0 Å². The fourth-order valence-corrected chi connectivity index (χ4v) is 1.73. The molecular formula is C15H17ClN2O. The summed E-state index contributed by atoms with van der Waals surface area (Å²) in [7, 11) is 0. The van der Waals surface area contributed by atoms with Crippen LogP contribution >= 0.6 is 12.4 Å². The maximum atomic E-state index is 12.0.